The summed E-state index contributed by atoms with van der Waals surface area (Å²) in [6.07, 6.45) is 8.44. The van der Waals surface area contributed by atoms with Gasteiger partial charge in [-0.2, -0.15) is 5.10 Å². The predicted octanol–water partition coefficient (Wildman–Crippen LogP) is 3.44. The number of aromatic nitrogens is 5. The monoisotopic (exact) mass is 542 g/mol. The largest absolute Gasteiger partial charge is 0.481 e. The second kappa shape index (κ2) is 10.8. The highest BCUT2D eigenvalue weighted by molar-refractivity contribution is 5.98. The maximum absolute atomic E-state index is 12.9. The SMILES string of the molecule is CC=CN1CCCC(n2nc(-c3ccc4c(c3)OCO[C@H]4NC(=O)c3ccc(OC)nc3)c3c(N)ncnc32)C1. The van der Waals surface area contributed by atoms with Crippen LogP contribution in [0.15, 0.2) is 55.1 Å². The summed E-state index contributed by atoms with van der Waals surface area (Å²) in [7, 11) is 1.52. The number of nitrogens with one attached hydrogen (secondary N) is 1. The van der Waals surface area contributed by atoms with Crippen LogP contribution in [0.2, 0.25) is 0 Å². The fourth-order valence-electron chi connectivity index (χ4n) is 5.22. The van der Waals surface area contributed by atoms with Crippen LogP contribution >= 0.6 is 0 Å². The number of fused-ring (bicyclic) bond motifs is 2. The van der Waals surface area contributed by atoms with Crippen molar-refractivity contribution in [2.24, 2.45) is 0 Å². The van der Waals surface area contributed by atoms with Gasteiger partial charge in [-0.25, -0.2) is 19.6 Å². The van der Waals surface area contributed by atoms with Crippen molar-refractivity contribution in [3.63, 3.8) is 0 Å². The lowest BCUT2D eigenvalue weighted by atomic mass is 10.0. The maximum atomic E-state index is 12.9. The van der Waals surface area contributed by atoms with Crippen LogP contribution in [0, 0.1) is 0 Å². The normalized spacial score (nSPS) is 18.9. The predicted molar refractivity (Wildman–Crippen MR) is 147 cm³/mol. The zero-order valence-electron chi connectivity index (χ0n) is 22.3. The summed E-state index contributed by atoms with van der Waals surface area (Å²) in [4.78, 5) is 28.1. The van der Waals surface area contributed by atoms with Crippen molar-refractivity contribution in [3.05, 3.63) is 66.3 Å². The number of pyridine rings is 1. The molecule has 1 fully saturated rings. The number of anilines is 1. The topological polar surface area (TPSA) is 143 Å². The minimum atomic E-state index is -0.699. The molecule has 4 aromatic rings. The number of nitrogen functional groups attached to an aromatic ring is 1. The molecular formula is C28H30N8O4. The minimum absolute atomic E-state index is 0.0223. The molecule has 1 saturated heterocycles. The first-order valence-corrected chi connectivity index (χ1v) is 13.1. The van der Waals surface area contributed by atoms with Crippen molar-refractivity contribution in [2.45, 2.75) is 32.0 Å². The van der Waals surface area contributed by atoms with Gasteiger partial charge in [0.15, 0.2) is 18.7 Å². The number of hydrogen-bond donors (Lipinski definition) is 2. The summed E-state index contributed by atoms with van der Waals surface area (Å²) in [6, 6.07) is 9.07. The number of carbonyl (C=O) groups is 1. The Morgan fingerprint density at radius 3 is 2.92 bits per heavy atom. The molecule has 1 aromatic carbocycles. The summed E-state index contributed by atoms with van der Waals surface area (Å²) in [5.74, 6) is 1.05. The highest BCUT2D eigenvalue weighted by atomic mass is 16.7. The van der Waals surface area contributed by atoms with Gasteiger partial charge in [0.05, 0.1) is 24.1 Å². The van der Waals surface area contributed by atoms with E-state index in [4.69, 9.17) is 25.0 Å². The van der Waals surface area contributed by atoms with E-state index in [9.17, 15) is 4.79 Å². The van der Waals surface area contributed by atoms with E-state index in [1.54, 1.807) is 12.1 Å². The second-order valence-corrected chi connectivity index (χ2v) is 9.65. The van der Waals surface area contributed by atoms with Crippen LogP contribution in [0.5, 0.6) is 11.6 Å². The average molecular weight is 543 g/mol. The van der Waals surface area contributed by atoms with Gasteiger partial charge in [0.25, 0.3) is 5.91 Å². The lowest BCUT2D eigenvalue weighted by Crippen LogP contribution is -2.34. The number of nitrogens with zero attached hydrogens (tertiary/aromatic N) is 6. The molecule has 2 aliphatic heterocycles. The number of ether oxygens (including phenoxy) is 3. The first-order valence-electron chi connectivity index (χ1n) is 13.1. The number of hydrogen-bond acceptors (Lipinski definition) is 10. The van der Waals surface area contributed by atoms with Gasteiger partial charge in [0, 0.05) is 36.5 Å². The molecule has 0 spiro atoms. The van der Waals surface area contributed by atoms with Gasteiger partial charge in [-0.1, -0.05) is 18.2 Å². The van der Waals surface area contributed by atoms with Crippen LogP contribution in [-0.4, -0.2) is 62.5 Å². The van der Waals surface area contributed by atoms with E-state index in [1.807, 2.05) is 29.8 Å². The highest BCUT2D eigenvalue weighted by Gasteiger charge is 2.28. The molecule has 5 heterocycles. The van der Waals surface area contributed by atoms with Crippen molar-refractivity contribution in [1.82, 2.24) is 34.9 Å². The fourth-order valence-corrected chi connectivity index (χ4v) is 5.22. The molecule has 12 nitrogen and oxygen atoms in total. The number of likely N-dealkylation sites (tertiary alicyclic amines) is 1. The number of nitrogens with two attached hydrogens (primary N) is 1. The molecule has 40 heavy (non-hydrogen) atoms. The Morgan fingerprint density at radius 2 is 2.12 bits per heavy atom. The molecule has 6 rings (SSSR count). The third kappa shape index (κ3) is 4.77. The Hall–Kier alpha value is -4.71. The van der Waals surface area contributed by atoms with E-state index in [-0.39, 0.29) is 18.7 Å². The lowest BCUT2D eigenvalue weighted by molar-refractivity contribution is -0.0696. The van der Waals surface area contributed by atoms with E-state index >= 15 is 0 Å². The van der Waals surface area contributed by atoms with Crippen LogP contribution < -0.4 is 20.5 Å². The Morgan fingerprint density at radius 1 is 1.23 bits per heavy atom. The zero-order chi connectivity index (χ0) is 27.6. The number of methoxy groups -OCH3 is 1. The smallest absolute Gasteiger partial charge is 0.255 e. The van der Waals surface area contributed by atoms with Crippen molar-refractivity contribution < 1.29 is 19.0 Å². The fraction of sp³-hybridized carbons (Fsp3) is 0.321. The van der Waals surface area contributed by atoms with Gasteiger partial charge >= 0.3 is 0 Å². The average Bonchev–Trinajstić information content (AvgIpc) is 3.38. The maximum Gasteiger partial charge on any atom is 0.255 e. The summed E-state index contributed by atoms with van der Waals surface area (Å²) < 4.78 is 18.6. The molecule has 0 aliphatic carbocycles. The Balaban J connectivity index is 1.31. The molecule has 1 amide bonds. The highest BCUT2D eigenvalue weighted by Crippen LogP contribution is 2.38. The van der Waals surface area contributed by atoms with Crippen LogP contribution in [0.4, 0.5) is 5.82 Å². The standard InChI is InChI=1S/C28H30N8O4/c1-3-10-35-11-4-5-19(14-35)36-26-23(25(29)31-15-32-26)24(34-36)17-6-8-20-21(12-17)39-16-40-28(20)33-27(37)18-7-9-22(38-2)30-13-18/h3,6-10,12-13,15,19,28H,4-5,11,14,16H2,1-2H3,(H,33,37)(H2,29,31,32)/t19?,28-/m1/s1. The molecule has 206 valence electrons. The zero-order valence-corrected chi connectivity index (χ0v) is 22.3. The number of benzene rings is 1. The van der Waals surface area contributed by atoms with E-state index in [0.29, 0.717) is 45.3 Å². The Kier molecular flexibility index (Phi) is 6.91. The van der Waals surface area contributed by atoms with E-state index in [0.717, 1.165) is 31.5 Å². The van der Waals surface area contributed by atoms with Crippen molar-refractivity contribution in [1.29, 1.82) is 0 Å². The number of piperidine rings is 1. The van der Waals surface area contributed by atoms with Crippen LogP contribution in [0.3, 0.4) is 0 Å². The number of amides is 1. The molecule has 1 unspecified atom stereocenters. The van der Waals surface area contributed by atoms with Crippen molar-refractivity contribution in [3.8, 4) is 22.9 Å². The van der Waals surface area contributed by atoms with E-state index in [2.05, 4.69) is 37.4 Å². The van der Waals surface area contributed by atoms with Gasteiger partial charge in [-0.15, -0.1) is 0 Å². The minimum Gasteiger partial charge on any atom is -0.481 e. The Bertz CT molecular complexity index is 1570. The molecule has 0 radical (unpaired) electrons. The summed E-state index contributed by atoms with van der Waals surface area (Å²) >= 11 is 0. The summed E-state index contributed by atoms with van der Waals surface area (Å²) in [6.45, 7) is 3.85. The number of rotatable bonds is 6. The van der Waals surface area contributed by atoms with E-state index in [1.165, 1.54) is 19.6 Å². The lowest BCUT2D eigenvalue weighted by Gasteiger charge is -2.32. The molecule has 2 atom stereocenters. The van der Waals surface area contributed by atoms with Crippen LogP contribution in [0.25, 0.3) is 22.3 Å². The van der Waals surface area contributed by atoms with Crippen LogP contribution in [0.1, 0.15) is 48.0 Å². The first kappa shape index (κ1) is 25.6. The molecular weight excluding hydrogens is 512 g/mol. The second-order valence-electron chi connectivity index (χ2n) is 9.65. The number of allylic oxidation sites excluding steroid dienone is 1. The van der Waals surface area contributed by atoms with Crippen molar-refractivity contribution in [2.75, 3.05) is 32.7 Å². The van der Waals surface area contributed by atoms with Gasteiger partial charge in [0.2, 0.25) is 5.88 Å². The molecule has 2 aliphatic rings. The third-order valence-electron chi connectivity index (χ3n) is 7.14. The summed E-state index contributed by atoms with van der Waals surface area (Å²) in [5.41, 5.74) is 9.62. The third-order valence-corrected chi connectivity index (χ3v) is 7.14. The Labute approximate surface area is 230 Å². The van der Waals surface area contributed by atoms with Crippen molar-refractivity contribution >= 4 is 22.8 Å². The number of carbonyl (C=O) groups excluding carboxylic acids is 1. The van der Waals surface area contributed by atoms with Gasteiger partial charge in [-0.05, 0) is 38.1 Å². The van der Waals surface area contributed by atoms with Gasteiger partial charge < -0.3 is 30.2 Å². The molecule has 12 heteroatoms. The van der Waals surface area contributed by atoms with Gasteiger partial charge in [0.1, 0.15) is 23.6 Å². The van der Waals surface area contributed by atoms with Gasteiger partial charge in [-0.3, -0.25) is 4.79 Å². The molecule has 3 N–H and O–H groups in total. The quantitative estimate of drug-likeness (QED) is 0.372. The molecule has 0 bridgehead atoms. The van der Waals surface area contributed by atoms with E-state index < -0.39 is 6.23 Å². The van der Waals surface area contributed by atoms with Crippen LogP contribution in [-0.2, 0) is 4.74 Å². The first-order chi connectivity index (χ1) is 19.6. The molecule has 0 saturated carbocycles. The summed E-state index contributed by atoms with van der Waals surface area (Å²) in [5, 5.41) is 8.62. The molecule has 3 aromatic heterocycles.